The van der Waals surface area contributed by atoms with E-state index in [1.807, 2.05) is 0 Å². The van der Waals surface area contributed by atoms with E-state index in [0.717, 1.165) is 18.8 Å². The van der Waals surface area contributed by atoms with Gasteiger partial charge in [-0.3, -0.25) is 4.79 Å². The zero-order valence-corrected chi connectivity index (χ0v) is 12.4. The maximum atomic E-state index is 11.7. The summed E-state index contributed by atoms with van der Waals surface area (Å²) >= 11 is 3.32. The lowest BCUT2D eigenvalue weighted by molar-refractivity contribution is 0.217. The number of nitrogens with one attached hydrogen (secondary N) is 1. The summed E-state index contributed by atoms with van der Waals surface area (Å²) in [6.07, 6.45) is 4.18. The highest BCUT2D eigenvalue weighted by Gasteiger charge is 2.17. The third kappa shape index (κ3) is 3.11. The largest absolute Gasteiger partial charge is 0.382 e. The standard InChI is InChI=1S/C12H19BrN4O/c1-16-5-3-4-9(8-16)6-14-10-7-15-17(2)12(18)11(10)13/h7,9,14H,3-6,8H2,1-2H3. The highest BCUT2D eigenvalue weighted by Crippen LogP contribution is 2.19. The van der Waals surface area contributed by atoms with Gasteiger partial charge in [0.15, 0.2) is 0 Å². The van der Waals surface area contributed by atoms with Crippen LogP contribution in [0.2, 0.25) is 0 Å². The molecule has 0 bridgehead atoms. The van der Waals surface area contributed by atoms with Gasteiger partial charge in [-0.25, -0.2) is 4.68 Å². The van der Waals surface area contributed by atoms with Crippen molar-refractivity contribution < 1.29 is 0 Å². The molecule has 5 nitrogen and oxygen atoms in total. The molecule has 1 fully saturated rings. The molecule has 1 aromatic rings. The highest BCUT2D eigenvalue weighted by atomic mass is 79.9. The summed E-state index contributed by atoms with van der Waals surface area (Å²) < 4.78 is 1.88. The summed E-state index contributed by atoms with van der Waals surface area (Å²) in [5, 5.41) is 7.34. The number of piperidine rings is 1. The van der Waals surface area contributed by atoms with Crippen LogP contribution in [0.4, 0.5) is 5.69 Å². The number of nitrogens with zero attached hydrogens (tertiary/aromatic N) is 3. The van der Waals surface area contributed by atoms with Gasteiger partial charge in [0, 0.05) is 20.1 Å². The summed E-state index contributed by atoms with van der Waals surface area (Å²) in [6, 6.07) is 0. The van der Waals surface area contributed by atoms with Crippen LogP contribution < -0.4 is 10.9 Å². The lowest BCUT2D eigenvalue weighted by Gasteiger charge is -2.30. The Kier molecular flexibility index (Phi) is 4.40. The fourth-order valence-corrected chi connectivity index (χ4v) is 2.83. The van der Waals surface area contributed by atoms with E-state index in [0.29, 0.717) is 10.4 Å². The molecule has 18 heavy (non-hydrogen) atoms. The predicted molar refractivity (Wildman–Crippen MR) is 75.9 cm³/mol. The van der Waals surface area contributed by atoms with E-state index in [4.69, 9.17) is 0 Å². The highest BCUT2D eigenvalue weighted by molar-refractivity contribution is 9.10. The van der Waals surface area contributed by atoms with Gasteiger partial charge in [0.25, 0.3) is 5.56 Å². The van der Waals surface area contributed by atoms with Gasteiger partial charge < -0.3 is 10.2 Å². The minimum atomic E-state index is -0.110. The molecule has 0 aromatic carbocycles. The molecule has 1 saturated heterocycles. The first kappa shape index (κ1) is 13.5. The van der Waals surface area contributed by atoms with Crippen molar-refractivity contribution in [2.75, 3.05) is 32.0 Å². The summed E-state index contributed by atoms with van der Waals surface area (Å²) in [6.45, 7) is 3.19. The number of likely N-dealkylation sites (tertiary alicyclic amines) is 1. The maximum Gasteiger partial charge on any atom is 0.282 e. The number of hydrogen-bond donors (Lipinski definition) is 1. The van der Waals surface area contributed by atoms with Gasteiger partial charge in [0.1, 0.15) is 4.47 Å². The van der Waals surface area contributed by atoms with Gasteiger partial charge in [0.2, 0.25) is 0 Å². The van der Waals surface area contributed by atoms with Crippen LogP contribution in [-0.4, -0.2) is 41.4 Å². The quantitative estimate of drug-likeness (QED) is 0.913. The number of halogens is 1. The van der Waals surface area contributed by atoms with Crippen LogP contribution in [0.3, 0.4) is 0 Å². The SMILES string of the molecule is CN1CCCC(CNc2cnn(C)c(=O)c2Br)C1. The molecule has 2 rings (SSSR count). The number of rotatable bonds is 3. The maximum absolute atomic E-state index is 11.7. The molecule has 1 atom stereocenters. The van der Waals surface area contributed by atoms with Gasteiger partial charge in [-0.1, -0.05) is 0 Å². The van der Waals surface area contributed by atoms with Crippen molar-refractivity contribution in [1.82, 2.24) is 14.7 Å². The van der Waals surface area contributed by atoms with Crippen molar-refractivity contribution in [2.24, 2.45) is 13.0 Å². The Bertz CT molecular complexity index is 474. The van der Waals surface area contributed by atoms with Crippen molar-refractivity contribution in [3.8, 4) is 0 Å². The number of aryl methyl sites for hydroxylation is 1. The summed E-state index contributed by atoms with van der Waals surface area (Å²) in [5.74, 6) is 0.639. The van der Waals surface area contributed by atoms with Gasteiger partial charge in [0.05, 0.1) is 11.9 Å². The Morgan fingerprint density at radius 2 is 2.33 bits per heavy atom. The van der Waals surface area contributed by atoms with Crippen LogP contribution >= 0.6 is 15.9 Å². The number of aromatic nitrogens is 2. The molecule has 1 unspecified atom stereocenters. The first-order chi connectivity index (χ1) is 8.58. The van der Waals surface area contributed by atoms with Gasteiger partial charge in [-0.15, -0.1) is 0 Å². The predicted octanol–water partition coefficient (Wildman–Crippen LogP) is 1.30. The minimum Gasteiger partial charge on any atom is -0.382 e. The summed E-state index contributed by atoms with van der Waals surface area (Å²) in [4.78, 5) is 14.1. The summed E-state index contributed by atoms with van der Waals surface area (Å²) in [5.41, 5.74) is 0.673. The van der Waals surface area contributed by atoms with Crippen LogP contribution in [-0.2, 0) is 7.05 Å². The third-order valence-electron chi connectivity index (χ3n) is 3.38. The lowest BCUT2D eigenvalue weighted by atomic mass is 9.98. The van der Waals surface area contributed by atoms with Gasteiger partial charge >= 0.3 is 0 Å². The Hall–Kier alpha value is -0.880. The van der Waals surface area contributed by atoms with E-state index >= 15 is 0 Å². The molecule has 1 aliphatic rings. The van der Waals surface area contributed by atoms with Crippen molar-refractivity contribution in [3.63, 3.8) is 0 Å². The van der Waals surface area contributed by atoms with Crippen LogP contribution in [0.15, 0.2) is 15.5 Å². The molecule has 0 aliphatic carbocycles. The van der Waals surface area contributed by atoms with E-state index in [1.165, 1.54) is 24.1 Å². The molecule has 100 valence electrons. The molecule has 1 N–H and O–H groups in total. The molecular formula is C12H19BrN4O. The molecule has 1 aromatic heterocycles. The molecule has 1 aliphatic heterocycles. The zero-order chi connectivity index (χ0) is 13.1. The molecule has 0 spiro atoms. The Balaban J connectivity index is 1.98. The van der Waals surface area contributed by atoms with E-state index < -0.39 is 0 Å². The minimum absolute atomic E-state index is 0.110. The van der Waals surface area contributed by atoms with Crippen molar-refractivity contribution in [2.45, 2.75) is 12.8 Å². The average molecular weight is 315 g/mol. The first-order valence-corrected chi connectivity index (χ1v) is 7.01. The molecule has 0 radical (unpaired) electrons. The number of anilines is 1. The summed E-state index contributed by atoms with van der Waals surface area (Å²) in [7, 11) is 3.80. The second-order valence-electron chi connectivity index (χ2n) is 4.95. The van der Waals surface area contributed by atoms with Crippen molar-refractivity contribution in [1.29, 1.82) is 0 Å². The van der Waals surface area contributed by atoms with Crippen molar-refractivity contribution in [3.05, 3.63) is 21.0 Å². The van der Waals surface area contributed by atoms with Gasteiger partial charge in [-0.2, -0.15) is 5.10 Å². The lowest BCUT2D eigenvalue weighted by Crippen LogP contribution is -2.35. The van der Waals surface area contributed by atoms with E-state index in [1.54, 1.807) is 13.2 Å². The van der Waals surface area contributed by atoms with E-state index in [2.05, 4.69) is 38.3 Å². The first-order valence-electron chi connectivity index (χ1n) is 6.22. The second-order valence-corrected chi connectivity index (χ2v) is 5.75. The van der Waals surface area contributed by atoms with Crippen LogP contribution in [0.5, 0.6) is 0 Å². The van der Waals surface area contributed by atoms with Gasteiger partial charge in [-0.05, 0) is 48.3 Å². The average Bonchev–Trinajstić information content (AvgIpc) is 2.35. The topological polar surface area (TPSA) is 50.2 Å². The Morgan fingerprint density at radius 3 is 3.06 bits per heavy atom. The monoisotopic (exact) mass is 314 g/mol. The molecular weight excluding hydrogens is 296 g/mol. The normalized spacial score (nSPS) is 20.9. The Labute approximate surface area is 115 Å². The van der Waals surface area contributed by atoms with Crippen LogP contribution in [0, 0.1) is 5.92 Å². The molecule has 0 saturated carbocycles. The fraction of sp³-hybridized carbons (Fsp3) is 0.667. The molecule has 2 heterocycles. The second kappa shape index (κ2) is 5.84. The van der Waals surface area contributed by atoms with E-state index in [9.17, 15) is 4.79 Å². The molecule has 6 heteroatoms. The molecule has 0 amide bonds. The third-order valence-corrected chi connectivity index (χ3v) is 4.15. The van der Waals surface area contributed by atoms with Crippen LogP contribution in [0.1, 0.15) is 12.8 Å². The smallest absolute Gasteiger partial charge is 0.282 e. The fourth-order valence-electron chi connectivity index (χ4n) is 2.33. The van der Waals surface area contributed by atoms with E-state index in [-0.39, 0.29) is 5.56 Å². The zero-order valence-electron chi connectivity index (χ0n) is 10.8. The van der Waals surface area contributed by atoms with Crippen molar-refractivity contribution >= 4 is 21.6 Å². The van der Waals surface area contributed by atoms with Crippen LogP contribution in [0.25, 0.3) is 0 Å². The Morgan fingerprint density at radius 1 is 1.56 bits per heavy atom. The number of hydrogen-bond acceptors (Lipinski definition) is 4.